The summed E-state index contributed by atoms with van der Waals surface area (Å²) < 4.78 is 27.9. The molecule has 0 saturated carbocycles. The second-order valence-corrected chi connectivity index (χ2v) is 4.71. The van der Waals surface area contributed by atoms with Crippen molar-refractivity contribution < 1.29 is 13.6 Å². The second kappa shape index (κ2) is 5.36. The molecule has 0 aliphatic heterocycles. The number of nitrogens with one attached hydrogen (secondary N) is 1. The van der Waals surface area contributed by atoms with Crippen molar-refractivity contribution >= 4 is 33.2 Å². The van der Waals surface area contributed by atoms with E-state index in [9.17, 15) is 13.6 Å². The zero-order chi connectivity index (χ0) is 14.0. The molecule has 0 aliphatic carbocycles. The summed E-state index contributed by atoms with van der Waals surface area (Å²) in [7, 11) is 0. The van der Waals surface area contributed by atoms with Crippen LogP contribution in [0.4, 0.5) is 20.2 Å². The molecule has 0 heterocycles. The number of amides is 1. The molecule has 1 amide bonds. The minimum absolute atomic E-state index is 0.277. The molecule has 6 heteroatoms. The molecule has 0 spiro atoms. The standard InChI is InChI=1S/C13H9BrF2N2O/c14-7-2-1-3-8(6-7)18-13(19)11-9(15)4-5-10(17)12(11)16/h1-6H,17H2,(H,18,19). The molecule has 2 aromatic rings. The molecule has 0 bridgehead atoms. The zero-order valence-electron chi connectivity index (χ0n) is 9.58. The summed E-state index contributed by atoms with van der Waals surface area (Å²) >= 11 is 3.23. The van der Waals surface area contributed by atoms with Crippen LogP contribution in [0, 0.1) is 11.6 Å². The van der Waals surface area contributed by atoms with Crippen molar-refractivity contribution in [2.75, 3.05) is 11.1 Å². The van der Waals surface area contributed by atoms with E-state index in [4.69, 9.17) is 5.73 Å². The number of benzene rings is 2. The first-order valence-electron chi connectivity index (χ1n) is 5.29. The molecule has 3 nitrogen and oxygen atoms in total. The molecular formula is C13H9BrF2N2O. The summed E-state index contributed by atoms with van der Waals surface area (Å²) in [6.07, 6.45) is 0. The predicted molar refractivity (Wildman–Crippen MR) is 72.9 cm³/mol. The SMILES string of the molecule is Nc1ccc(F)c(C(=O)Nc2cccc(Br)c2)c1F. The Bertz CT molecular complexity index is 647. The molecule has 0 radical (unpaired) electrons. The third-order valence-electron chi connectivity index (χ3n) is 2.43. The van der Waals surface area contributed by atoms with Crippen LogP contribution < -0.4 is 11.1 Å². The molecule has 3 N–H and O–H groups in total. The Hall–Kier alpha value is -1.95. The van der Waals surface area contributed by atoms with Crippen LogP contribution in [-0.2, 0) is 0 Å². The summed E-state index contributed by atoms with van der Waals surface area (Å²) in [5, 5.41) is 2.40. The van der Waals surface area contributed by atoms with Crippen molar-refractivity contribution in [3.63, 3.8) is 0 Å². The zero-order valence-corrected chi connectivity index (χ0v) is 11.2. The van der Waals surface area contributed by atoms with Gasteiger partial charge >= 0.3 is 0 Å². The fraction of sp³-hybridized carbons (Fsp3) is 0. The molecular weight excluding hydrogens is 318 g/mol. The third-order valence-corrected chi connectivity index (χ3v) is 2.92. The minimum atomic E-state index is -1.06. The Balaban J connectivity index is 2.33. The van der Waals surface area contributed by atoms with Crippen molar-refractivity contribution in [3.05, 3.63) is 58.1 Å². The maximum absolute atomic E-state index is 13.7. The van der Waals surface area contributed by atoms with Gasteiger partial charge in [0.05, 0.1) is 5.69 Å². The summed E-state index contributed by atoms with van der Waals surface area (Å²) in [5.74, 6) is -2.91. The van der Waals surface area contributed by atoms with E-state index in [0.29, 0.717) is 5.69 Å². The Morgan fingerprint density at radius 1 is 1.21 bits per heavy atom. The van der Waals surface area contributed by atoms with Gasteiger partial charge in [0.1, 0.15) is 11.4 Å². The van der Waals surface area contributed by atoms with Gasteiger partial charge in [0.15, 0.2) is 5.82 Å². The van der Waals surface area contributed by atoms with Gasteiger partial charge in [0.2, 0.25) is 0 Å². The lowest BCUT2D eigenvalue weighted by molar-refractivity contribution is 0.101. The highest BCUT2D eigenvalue weighted by atomic mass is 79.9. The van der Waals surface area contributed by atoms with Crippen LogP contribution in [0.25, 0.3) is 0 Å². The lowest BCUT2D eigenvalue weighted by Gasteiger charge is -2.08. The molecule has 2 rings (SSSR count). The average molecular weight is 327 g/mol. The van der Waals surface area contributed by atoms with Crippen molar-refractivity contribution in [1.82, 2.24) is 0 Å². The minimum Gasteiger partial charge on any atom is -0.396 e. The Morgan fingerprint density at radius 3 is 2.63 bits per heavy atom. The number of carbonyl (C=O) groups is 1. The van der Waals surface area contributed by atoms with Gasteiger partial charge in [-0.25, -0.2) is 8.78 Å². The van der Waals surface area contributed by atoms with E-state index in [-0.39, 0.29) is 5.69 Å². The lowest BCUT2D eigenvalue weighted by atomic mass is 10.1. The molecule has 0 aliphatic rings. The molecule has 0 aromatic heterocycles. The first-order valence-corrected chi connectivity index (χ1v) is 6.08. The number of hydrogen-bond acceptors (Lipinski definition) is 2. The highest BCUT2D eigenvalue weighted by molar-refractivity contribution is 9.10. The number of hydrogen-bond donors (Lipinski definition) is 2. The van der Waals surface area contributed by atoms with E-state index in [1.807, 2.05) is 0 Å². The highest BCUT2D eigenvalue weighted by Gasteiger charge is 2.19. The van der Waals surface area contributed by atoms with E-state index in [1.54, 1.807) is 24.3 Å². The number of carbonyl (C=O) groups excluding carboxylic acids is 1. The fourth-order valence-electron chi connectivity index (χ4n) is 1.54. The Labute approximate surface area is 116 Å². The smallest absolute Gasteiger partial charge is 0.261 e. The number of nitrogen functional groups attached to an aromatic ring is 1. The van der Waals surface area contributed by atoms with E-state index >= 15 is 0 Å². The normalized spacial score (nSPS) is 10.3. The van der Waals surface area contributed by atoms with Gasteiger partial charge < -0.3 is 11.1 Å². The molecule has 0 atom stereocenters. The molecule has 0 unspecified atom stereocenters. The van der Waals surface area contributed by atoms with Crippen molar-refractivity contribution in [3.8, 4) is 0 Å². The summed E-state index contributed by atoms with van der Waals surface area (Å²) in [4.78, 5) is 11.9. The van der Waals surface area contributed by atoms with Gasteiger partial charge in [-0.15, -0.1) is 0 Å². The van der Waals surface area contributed by atoms with Gasteiger partial charge in [-0.1, -0.05) is 22.0 Å². The van der Waals surface area contributed by atoms with Gasteiger partial charge in [-0.05, 0) is 30.3 Å². The lowest BCUT2D eigenvalue weighted by Crippen LogP contribution is -2.16. The maximum atomic E-state index is 13.7. The highest BCUT2D eigenvalue weighted by Crippen LogP contribution is 2.21. The van der Waals surface area contributed by atoms with E-state index in [2.05, 4.69) is 21.2 Å². The monoisotopic (exact) mass is 326 g/mol. The van der Waals surface area contributed by atoms with E-state index in [1.165, 1.54) is 0 Å². The molecule has 0 fully saturated rings. The maximum Gasteiger partial charge on any atom is 0.261 e. The first-order chi connectivity index (χ1) is 8.99. The largest absolute Gasteiger partial charge is 0.396 e. The van der Waals surface area contributed by atoms with Crippen LogP contribution in [0.1, 0.15) is 10.4 Å². The summed E-state index contributed by atoms with van der Waals surface area (Å²) in [6, 6.07) is 8.68. The fourth-order valence-corrected chi connectivity index (χ4v) is 1.94. The molecule has 0 saturated heterocycles. The van der Waals surface area contributed by atoms with Gasteiger partial charge in [0, 0.05) is 10.2 Å². The Morgan fingerprint density at radius 2 is 1.95 bits per heavy atom. The van der Waals surface area contributed by atoms with Crippen LogP contribution in [0.2, 0.25) is 0 Å². The quantitative estimate of drug-likeness (QED) is 0.829. The summed E-state index contributed by atoms with van der Waals surface area (Å²) in [5.41, 5.74) is 4.76. The number of rotatable bonds is 2. The summed E-state index contributed by atoms with van der Waals surface area (Å²) in [6.45, 7) is 0. The predicted octanol–water partition coefficient (Wildman–Crippen LogP) is 3.56. The second-order valence-electron chi connectivity index (χ2n) is 3.79. The first kappa shape index (κ1) is 13.5. The van der Waals surface area contributed by atoms with E-state index < -0.39 is 23.1 Å². The van der Waals surface area contributed by atoms with Crippen LogP contribution >= 0.6 is 15.9 Å². The van der Waals surface area contributed by atoms with Crippen LogP contribution in [0.15, 0.2) is 40.9 Å². The third kappa shape index (κ3) is 2.90. The van der Waals surface area contributed by atoms with Crippen molar-refractivity contribution in [2.24, 2.45) is 0 Å². The van der Waals surface area contributed by atoms with Crippen LogP contribution in [0.5, 0.6) is 0 Å². The molecule has 19 heavy (non-hydrogen) atoms. The Kier molecular flexibility index (Phi) is 3.80. The topological polar surface area (TPSA) is 55.1 Å². The number of anilines is 2. The van der Waals surface area contributed by atoms with Gasteiger partial charge in [-0.3, -0.25) is 4.79 Å². The number of nitrogens with two attached hydrogens (primary N) is 1. The van der Waals surface area contributed by atoms with Crippen LogP contribution in [-0.4, -0.2) is 5.91 Å². The number of halogens is 3. The van der Waals surface area contributed by atoms with E-state index in [0.717, 1.165) is 16.6 Å². The van der Waals surface area contributed by atoms with Crippen molar-refractivity contribution in [2.45, 2.75) is 0 Å². The molecule has 2 aromatic carbocycles. The molecule has 98 valence electrons. The average Bonchev–Trinajstić information content (AvgIpc) is 2.34. The van der Waals surface area contributed by atoms with Crippen LogP contribution in [0.3, 0.4) is 0 Å². The van der Waals surface area contributed by atoms with Crippen molar-refractivity contribution in [1.29, 1.82) is 0 Å². The van der Waals surface area contributed by atoms with Gasteiger partial charge in [0.25, 0.3) is 5.91 Å². The van der Waals surface area contributed by atoms with Gasteiger partial charge in [-0.2, -0.15) is 0 Å².